The number of hydrogen-bond donors (Lipinski definition) is 1. The van der Waals surface area contributed by atoms with Crippen LogP contribution in [0.2, 0.25) is 5.02 Å². The van der Waals surface area contributed by atoms with Crippen LogP contribution in [-0.4, -0.2) is 20.4 Å². The summed E-state index contributed by atoms with van der Waals surface area (Å²) in [5, 5.41) is 0.756. The van der Waals surface area contributed by atoms with Crippen molar-refractivity contribution in [1.82, 2.24) is 4.72 Å². The number of carbonyl (C=O) groups excluding carboxylic acids is 1. The fourth-order valence-electron chi connectivity index (χ4n) is 3.28. The normalized spacial score (nSPS) is 13.6. The van der Waals surface area contributed by atoms with Crippen LogP contribution in [0.4, 0.5) is 0 Å². The summed E-state index contributed by atoms with van der Waals surface area (Å²) in [4.78, 5) is 25.1. The zero-order chi connectivity index (χ0) is 24.5. The average Bonchev–Trinajstić information content (AvgIpc) is 2.77. The summed E-state index contributed by atoms with van der Waals surface area (Å²) in [7, 11) is -3.97. The molecule has 2 atom stereocenters. The van der Waals surface area contributed by atoms with Gasteiger partial charge in [0, 0.05) is 17.0 Å². The summed E-state index contributed by atoms with van der Waals surface area (Å²) in [5.41, 5.74) is 1.81. The molecular weight excluding hydrogens is 466 g/mol. The first kappa shape index (κ1) is 25.0. The SMILES string of the molecule is CC[C@@H](C)[C@H](NS(=O)(=O)c1ccc(C)cc1)C(=O)Oc1cc2oc(=O)c(C)c(C)c2cc1Cl. The predicted molar refractivity (Wildman–Crippen MR) is 127 cm³/mol. The van der Waals surface area contributed by atoms with E-state index in [1.807, 2.05) is 13.8 Å². The maximum absolute atomic E-state index is 13.1. The van der Waals surface area contributed by atoms with Crippen LogP contribution in [0.25, 0.3) is 11.0 Å². The number of benzene rings is 2. The third kappa shape index (κ3) is 5.29. The summed E-state index contributed by atoms with van der Waals surface area (Å²) >= 11 is 6.34. The van der Waals surface area contributed by atoms with E-state index in [0.29, 0.717) is 22.9 Å². The number of carbonyl (C=O) groups is 1. The Morgan fingerprint density at radius 2 is 1.76 bits per heavy atom. The van der Waals surface area contributed by atoms with Crippen molar-refractivity contribution in [2.75, 3.05) is 0 Å². The smallest absolute Gasteiger partial charge is 0.339 e. The highest BCUT2D eigenvalue weighted by Crippen LogP contribution is 2.32. The molecule has 1 N–H and O–H groups in total. The van der Waals surface area contributed by atoms with E-state index in [9.17, 15) is 18.0 Å². The molecule has 0 saturated carbocycles. The fraction of sp³-hybridized carbons (Fsp3) is 0.333. The van der Waals surface area contributed by atoms with E-state index in [2.05, 4.69) is 4.72 Å². The predicted octanol–water partition coefficient (Wildman–Crippen LogP) is 4.67. The molecule has 176 valence electrons. The van der Waals surface area contributed by atoms with Gasteiger partial charge in [0.25, 0.3) is 0 Å². The van der Waals surface area contributed by atoms with Crippen molar-refractivity contribution in [2.45, 2.75) is 52.0 Å². The Bertz CT molecular complexity index is 1360. The molecule has 1 heterocycles. The van der Waals surface area contributed by atoms with Gasteiger partial charge in [-0.25, -0.2) is 18.0 Å². The number of hydrogen-bond acceptors (Lipinski definition) is 6. The van der Waals surface area contributed by atoms with Gasteiger partial charge >= 0.3 is 11.6 Å². The van der Waals surface area contributed by atoms with E-state index in [0.717, 1.165) is 5.56 Å². The molecule has 3 rings (SSSR count). The molecular formula is C24H26ClNO6S. The van der Waals surface area contributed by atoms with E-state index >= 15 is 0 Å². The van der Waals surface area contributed by atoms with Crippen molar-refractivity contribution in [1.29, 1.82) is 0 Å². The van der Waals surface area contributed by atoms with Crippen molar-refractivity contribution in [3.63, 3.8) is 0 Å². The van der Waals surface area contributed by atoms with E-state index in [1.165, 1.54) is 18.2 Å². The standard InChI is InChI=1S/C24H26ClNO6S/c1-6-14(3)22(26-33(29,30)17-9-7-13(2)8-10-17)24(28)32-21-12-20-18(11-19(21)25)15(4)16(5)23(27)31-20/h7-12,14,22,26H,6H2,1-5H3/t14-,22+/m1/s1. The van der Waals surface area contributed by atoms with Crippen molar-refractivity contribution in [3.8, 4) is 5.75 Å². The fourth-order valence-corrected chi connectivity index (χ4v) is 4.77. The first-order valence-electron chi connectivity index (χ1n) is 10.5. The molecule has 33 heavy (non-hydrogen) atoms. The zero-order valence-corrected chi connectivity index (χ0v) is 20.6. The molecule has 0 aliphatic heterocycles. The van der Waals surface area contributed by atoms with Crippen LogP contribution in [0, 0.1) is 26.7 Å². The minimum atomic E-state index is -3.97. The number of esters is 1. The Hall–Kier alpha value is -2.68. The van der Waals surface area contributed by atoms with E-state index in [1.54, 1.807) is 39.0 Å². The van der Waals surface area contributed by atoms with Crippen LogP contribution in [0.3, 0.4) is 0 Å². The lowest BCUT2D eigenvalue weighted by Gasteiger charge is -2.23. The first-order valence-corrected chi connectivity index (χ1v) is 12.3. The summed E-state index contributed by atoms with van der Waals surface area (Å²) in [6.45, 7) is 8.86. The molecule has 0 saturated heterocycles. The number of rotatable bonds is 7. The molecule has 9 heteroatoms. The largest absolute Gasteiger partial charge is 0.424 e. The molecule has 2 aromatic carbocycles. The van der Waals surface area contributed by atoms with E-state index in [4.69, 9.17) is 20.8 Å². The van der Waals surface area contributed by atoms with Gasteiger partial charge in [0.2, 0.25) is 10.0 Å². The number of nitrogens with one attached hydrogen (secondary N) is 1. The van der Waals surface area contributed by atoms with Crippen LogP contribution < -0.4 is 15.1 Å². The maximum Gasteiger partial charge on any atom is 0.339 e. The van der Waals surface area contributed by atoms with Gasteiger partial charge in [-0.3, -0.25) is 0 Å². The number of fused-ring (bicyclic) bond motifs is 1. The molecule has 0 amide bonds. The Kier molecular flexibility index (Phi) is 7.31. The molecule has 0 radical (unpaired) electrons. The van der Waals surface area contributed by atoms with Crippen molar-refractivity contribution in [3.05, 3.63) is 68.5 Å². The maximum atomic E-state index is 13.1. The molecule has 0 aliphatic carbocycles. The Labute approximate surface area is 197 Å². The lowest BCUT2D eigenvalue weighted by Crippen LogP contribution is -2.46. The Balaban J connectivity index is 1.94. The Morgan fingerprint density at radius 3 is 2.36 bits per heavy atom. The van der Waals surface area contributed by atoms with E-state index < -0.39 is 27.7 Å². The molecule has 7 nitrogen and oxygen atoms in total. The minimum Gasteiger partial charge on any atom is -0.424 e. The van der Waals surface area contributed by atoms with Gasteiger partial charge in [-0.15, -0.1) is 0 Å². The summed E-state index contributed by atoms with van der Waals surface area (Å²) in [6, 6.07) is 8.08. The number of sulfonamides is 1. The lowest BCUT2D eigenvalue weighted by molar-refractivity contribution is -0.137. The second-order valence-corrected chi connectivity index (χ2v) is 10.3. The molecule has 0 fully saturated rings. The van der Waals surface area contributed by atoms with Gasteiger partial charge in [0.1, 0.15) is 11.6 Å². The van der Waals surface area contributed by atoms with Gasteiger partial charge in [0.15, 0.2) is 5.75 Å². The van der Waals surface area contributed by atoms with Gasteiger partial charge < -0.3 is 9.15 Å². The summed E-state index contributed by atoms with van der Waals surface area (Å²) in [6.07, 6.45) is 0.523. The third-order valence-electron chi connectivity index (χ3n) is 5.80. The lowest BCUT2D eigenvalue weighted by atomic mass is 10.0. The van der Waals surface area contributed by atoms with Gasteiger partial charge in [-0.2, -0.15) is 4.72 Å². The molecule has 0 unspecified atom stereocenters. The quantitative estimate of drug-likeness (QED) is 0.292. The highest BCUT2D eigenvalue weighted by atomic mass is 35.5. The van der Waals surface area contributed by atoms with Crippen LogP contribution in [0.15, 0.2) is 50.5 Å². The van der Waals surface area contributed by atoms with Gasteiger partial charge in [-0.05, 0) is 50.5 Å². The van der Waals surface area contributed by atoms with Crippen LogP contribution in [-0.2, 0) is 14.8 Å². The van der Waals surface area contributed by atoms with E-state index in [-0.39, 0.29) is 27.2 Å². The summed E-state index contributed by atoms with van der Waals surface area (Å²) in [5.74, 6) is -1.20. The molecule has 0 bridgehead atoms. The second kappa shape index (κ2) is 9.67. The molecule has 0 spiro atoms. The van der Waals surface area contributed by atoms with Crippen LogP contribution >= 0.6 is 11.6 Å². The zero-order valence-electron chi connectivity index (χ0n) is 19.1. The Morgan fingerprint density at radius 1 is 1.12 bits per heavy atom. The highest BCUT2D eigenvalue weighted by Gasteiger charge is 2.32. The molecule has 0 aliphatic rings. The van der Waals surface area contributed by atoms with Gasteiger partial charge in [-0.1, -0.05) is 49.6 Å². The number of aryl methyl sites for hydroxylation is 2. The van der Waals surface area contributed by atoms with Gasteiger partial charge in [0.05, 0.1) is 9.92 Å². The number of ether oxygens (including phenoxy) is 1. The van der Waals surface area contributed by atoms with Crippen molar-refractivity contribution < 1.29 is 22.4 Å². The second-order valence-electron chi connectivity index (χ2n) is 8.14. The number of halogens is 1. The highest BCUT2D eigenvalue weighted by molar-refractivity contribution is 7.89. The summed E-state index contributed by atoms with van der Waals surface area (Å²) < 4.78 is 39.0. The van der Waals surface area contributed by atoms with Crippen LogP contribution in [0.1, 0.15) is 37.0 Å². The van der Waals surface area contributed by atoms with Crippen LogP contribution in [0.5, 0.6) is 5.75 Å². The average molecular weight is 492 g/mol. The third-order valence-corrected chi connectivity index (χ3v) is 7.55. The molecule has 1 aromatic heterocycles. The van der Waals surface area contributed by atoms with Crippen molar-refractivity contribution in [2.24, 2.45) is 5.92 Å². The molecule has 3 aromatic rings. The minimum absolute atomic E-state index is 0.0246. The first-order chi connectivity index (χ1) is 15.4. The van der Waals surface area contributed by atoms with Crippen molar-refractivity contribution >= 4 is 38.6 Å². The topological polar surface area (TPSA) is 103 Å². The monoisotopic (exact) mass is 491 g/mol.